The van der Waals surface area contributed by atoms with Crippen molar-refractivity contribution in [3.8, 4) is 28.6 Å². The Morgan fingerprint density at radius 3 is 2.68 bits per heavy atom. The lowest BCUT2D eigenvalue weighted by Gasteiger charge is -2.22. The van der Waals surface area contributed by atoms with E-state index in [2.05, 4.69) is 27.5 Å². The lowest BCUT2D eigenvalue weighted by Crippen LogP contribution is -2.28. The van der Waals surface area contributed by atoms with Crippen LogP contribution in [0.4, 0.5) is 5.82 Å². The van der Waals surface area contributed by atoms with Crippen LogP contribution in [-0.2, 0) is 7.05 Å². The average Bonchev–Trinajstić information content (AvgIpc) is 2.99. The molecule has 2 aromatic carbocycles. The van der Waals surface area contributed by atoms with Crippen molar-refractivity contribution >= 4 is 16.7 Å². The molecule has 0 atom stereocenters. The summed E-state index contributed by atoms with van der Waals surface area (Å²) >= 11 is 0. The fourth-order valence-electron chi connectivity index (χ4n) is 4.02. The summed E-state index contributed by atoms with van der Waals surface area (Å²) in [7, 11) is 1.92. The standard InChI is InChI=1S/C24H23N7/c1-30-16-20-13-19(7-8-21(20)29-30)23-24(18-5-3-17(14-25)4-6-18)28-22(15-27-23)31-11-2-9-26-10-12-31/h3-8,13,15-16,26H,2,9-12H2,1H3. The summed E-state index contributed by atoms with van der Waals surface area (Å²) in [6, 6.07) is 15.9. The molecule has 7 nitrogen and oxygen atoms in total. The molecule has 1 saturated heterocycles. The highest BCUT2D eigenvalue weighted by molar-refractivity contribution is 5.87. The summed E-state index contributed by atoms with van der Waals surface area (Å²) < 4.78 is 1.82. The average molecular weight is 409 g/mol. The van der Waals surface area contributed by atoms with Gasteiger partial charge in [0.05, 0.1) is 34.7 Å². The first-order valence-corrected chi connectivity index (χ1v) is 10.5. The van der Waals surface area contributed by atoms with E-state index in [4.69, 9.17) is 9.97 Å². The van der Waals surface area contributed by atoms with E-state index in [-0.39, 0.29) is 0 Å². The molecule has 5 rings (SSSR count). The molecule has 0 unspecified atom stereocenters. The summed E-state index contributed by atoms with van der Waals surface area (Å²) in [5, 5.41) is 18.1. The van der Waals surface area contributed by atoms with Crippen LogP contribution in [0.5, 0.6) is 0 Å². The maximum absolute atomic E-state index is 9.18. The van der Waals surface area contributed by atoms with Gasteiger partial charge in [0, 0.05) is 49.4 Å². The minimum atomic E-state index is 0.629. The van der Waals surface area contributed by atoms with Crippen molar-refractivity contribution in [1.82, 2.24) is 25.1 Å². The Bertz CT molecular complexity index is 1260. The van der Waals surface area contributed by atoms with E-state index in [1.165, 1.54) is 0 Å². The van der Waals surface area contributed by atoms with Crippen LogP contribution in [0.3, 0.4) is 0 Å². The summed E-state index contributed by atoms with van der Waals surface area (Å²) in [6.07, 6.45) is 4.96. The summed E-state index contributed by atoms with van der Waals surface area (Å²) in [6.45, 7) is 3.82. The lowest BCUT2D eigenvalue weighted by molar-refractivity contribution is 0.724. The van der Waals surface area contributed by atoms with Gasteiger partial charge in [-0.3, -0.25) is 9.67 Å². The van der Waals surface area contributed by atoms with Crippen LogP contribution in [0.2, 0.25) is 0 Å². The van der Waals surface area contributed by atoms with Crippen molar-refractivity contribution in [3.63, 3.8) is 0 Å². The zero-order valence-electron chi connectivity index (χ0n) is 17.4. The minimum Gasteiger partial charge on any atom is -0.354 e. The van der Waals surface area contributed by atoms with Gasteiger partial charge in [0.2, 0.25) is 0 Å². The van der Waals surface area contributed by atoms with Crippen LogP contribution in [0.1, 0.15) is 12.0 Å². The third-order valence-corrected chi connectivity index (χ3v) is 5.60. The molecule has 1 fully saturated rings. The predicted octanol–water partition coefficient (Wildman–Crippen LogP) is 3.37. The molecule has 4 aromatic rings. The maximum Gasteiger partial charge on any atom is 0.147 e. The predicted molar refractivity (Wildman–Crippen MR) is 122 cm³/mol. The van der Waals surface area contributed by atoms with Gasteiger partial charge in [0.15, 0.2) is 0 Å². The minimum absolute atomic E-state index is 0.629. The van der Waals surface area contributed by atoms with Crippen molar-refractivity contribution < 1.29 is 0 Å². The molecule has 1 aliphatic rings. The van der Waals surface area contributed by atoms with Crippen LogP contribution >= 0.6 is 0 Å². The second-order valence-corrected chi connectivity index (χ2v) is 7.78. The number of hydrogen-bond donors (Lipinski definition) is 1. The molecular formula is C24H23N7. The normalized spacial score (nSPS) is 14.4. The molecule has 0 bridgehead atoms. The second kappa shape index (κ2) is 8.17. The van der Waals surface area contributed by atoms with Gasteiger partial charge in [-0.2, -0.15) is 10.4 Å². The van der Waals surface area contributed by atoms with E-state index in [0.29, 0.717) is 5.56 Å². The monoisotopic (exact) mass is 409 g/mol. The Morgan fingerprint density at radius 1 is 1.00 bits per heavy atom. The highest BCUT2D eigenvalue weighted by Gasteiger charge is 2.17. The van der Waals surface area contributed by atoms with Crippen LogP contribution in [-0.4, -0.2) is 45.9 Å². The molecule has 154 valence electrons. The molecule has 1 aliphatic heterocycles. The van der Waals surface area contributed by atoms with E-state index in [9.17, 15) is 5.26 Å². The second-order valence-electron chi connectivity index (χ2n) is 7.78. The molecule has 31 heavy (non-hydrogen) atoms. The number of nitriles is 1. The molecular weight excluding hydrogens is 386 g/mol. The largest absolute Gasteiger partial charge is 0.354 e. The number of nitrogens with zero attached hydrogens (tertiary/aromatic N) is 6. The van der Waals surface area contributed by atoms with E-state index < -0.39 is 0 Å². The summed E-state index contributed by atoms with van der Waals surface area (Å²) in [5.41, 5.74) is 5.17. The van der Waals surface area contributed by atoms with Crippen LogP contribution in [0.15, 0.2) is 54.9 Å². The third kappa shape index (κ3) is 3.86. The van der Waals surface area contributed by atoms with Crippen LogP contribution in [0.25, 0.3) is 33.4 Å². The van der Waals surface area contributed by atoms with Crippen molar-refractivity contribution in [2.24, 2.45) is 7.05 Å². The van der Waals surface area contributed by atoms with E-state index in [1.807, 2.05) is 60.5 Å². The van der Waals surface area contributed by atoms with E-state index in [1.54, 1.807) is 0 Å². The van der Waals surface area contributed by atoms with Crippen LogP contribution in [0, 0.1) is 11.3 Å². The molecule has 0 radical (unpaired) electrons. The first-order valence-electron chi connectivity index (χ1n) is 10.5. The molecule has 1 N–H and O–H groups in total. The molecule has 0 spiro atoms. The molecule has 0 aliphatic carbocycles. The molecule has 2 aromatic heterocycles. The van der Waals surface area contributed by atoms with Gasteiger partial charge in [-0.25, -0.2) is 4.98 Å². The molecule has 3 heterocycles. The Morgan fingerprint density at radius 2 is 1.84 bits per heavy atom. The number of fused-ring (bicyclic) bond motifs is 1. The number of aryl methyl sites for hydroxylation is 1. The molecule has 7 heteroatoms. The van der Waals surface area contributed by atoms with Gasteiger partial charge in [0.25, 0.3) is 0 Å². The Labute approximate surface area is 181 Å². The topological polar surface area (TPSA) is 82.7 Å². The fourth-order valence-corrected chi connectivity index (χ4v) is 4.02. The molecule has 0 amide bonds. The number of aromatic nitrogens is 4. The number of hydrogen-bond acceptors (Lipinski definition) is 6. The highest BCUT2D eigenvalue weighted by atomic mass is 15.2. The van der Waals surface area contributed by atoms with Gasteiger partial charge >= 0.3 is 0 Å². The quantitative estimate of drug-likeness (QED) is 0.559. The molecule has 0 saturated carbocycles. The summed E-state index contributed by atoms with van der Waals surface area (Å²) in [5.74, 6) is 0.884. The zero-order valence-corrected chi connectivity index (χ0v) is 17.4. The van der Waals surface area contributed by atoms with E-state index >= 15 is 0 Å². The number of nitrogens with one attached hydrogen (secondary N) is 1. The Kier molecular flexibility index (Phi) is 5.06. The fraction of sp³-hybridized carbons (Fsp3) is 0.250. The van der Waals surface area contributed by atoms with Gasteiger partial charge in [0.1, 0.15) is 5.82 Å². The van der Waals surface area contributed by atoms with Crippen LogP contribution < -0.4 is 10.2 Å². The first-order chi connectivity index (χ1) is 15.2. The van der Waals surface area contributed by atoms with Crippen molar-refractivity contribution in [3.05, 3.63) is 60.4 Å². The summed E-state index contributed by atoms with van der Waals surface area (Å²) in [4.78, 5) is 12.2. The SMILES string of the molecule is Cn1cc2cc(-c3ncc(N4CCCNCC4)nc3-c3ccc(C#N)cc3)ccc2n1. The van der Waals surface area contributed by atoms with Gasteiger partial charge in [-0.15, -0.1) is 0 Å². The smallest absolute Gasteiger partial charge is 0.147 e. The number of rotatable bonds is 3. The highest BCUT2D eigenvalue weighted by Crippen LogP contribution is 2.32. The maximum atomic E-state index is 9.18. The third-order valence-electron chi connectivity index (χ3n) is 5.60. The first kappa shape index (κ1) is 19.2. The number of benzene rings is 2. The van der Waals surface area contributed by atoms with Crippen molar-refractivity contribution in [2.45, 2.75) is 6.42 Å². The van der Waals surface area contributed by atoms with Gasteiger partial charge < -0.3 is 10.2 Å². The Hall–Kier alpha value is -3.76. The van der Waals surface area contributed by atoms with Gasteiger partial charge in [-0.1, -0.05) is 18.2 Å². The zero-order chi connectivity index (χ0) is 21.2. The van der Waals surface area contributed by atoms with Crippen molar-refractivity contribution in [1.29, 1.82) is 5.26 Å². The number of anilines is 1. The van der Waals surface area contributed by atoms with Crippen molar-refractivity contribution in [2.75, 3.05) is 31.1 Å². The van der Waals surface area contributed by atoms with Gasteiger partial charge in [-0.05, 0) is 37.2 Å². The van der Waals surface area contributed by atoms with E-state index in [0.717, 1.165) is 71.8 Å². The lowest BCUT2D eigenvalue weighted by atomic mass is 10.0. The Balaban J connectivity index is 1.63.